The second kappa shape index (κ2) is 5.38. The van der Waals surface area contributed by atoms with Crippen LogP contribution in [-0.2, 0) is 0 Å². The van der Waals surface area contributed by atoms with Crippen molar-refractivity contribution in [2.75, 3.05) is 5.43 Å². The van der Waals surface area contributed by atoms with Gasteiger partial charge in [0, 0.05) is 4.47 Å². The Morgan fingerprint density at radius 1 is 1.15 bits per heavy atom. The van der Waals surface area contributed by atoms with Crippen LogP contribution in [0.15, 0.2) is 46.0 Å². The number of hydrogen-bond acceptors (Lipinski definition) is 5. The topological polar surface area (TPSA) is 67.5 Å². The third-order valence-corrected chi connectivity index (χ3v) is 3.21. The Hall–Kier alpha value is -2.28. The summed E-state index contributed by atoms with van der Waals surface area (Å²) in [6.45, 7) is 1.85. The first kappa shape index (κ1) is 12.7. The SMILES string of the molecule is Cc1nnc2ccc(N/N=C/c3ccc(Br)cc3)nn12. The first-order chi connectivity index (χ1) is 9.72. The molecule has 0 unspecified atom stereocenters. The van der Waals surface area contributed by atoms with E-state index in [1.165, 1.54) is 0 Å². The van der Waals surface area contributed by atoms with Gasteiger partial charge in [-0.05, 0) is 36.8 Å². The van der Waals surface area contributed by atoms with Gasteiger partial charge in [-0.3, -0.25) is 5.43 Å². The fraction of sp³-hybridized carbons (Fsp3) is 0.0769. The van der Waals surface area contributed by atoms with Crippen LogP contribution in [0.4, 0.5) is 5.82 Å². The minimum absolute atomic E-state index is 0.633. The van der Waals surface area contributed by atoms with Crippen LogP contribution < -0.4 is 5.43 Å². The zero-order valence-electron chi connectivity index (χ0n) is 10.7. The van der Waals surface area contributed by atoms with Crippen molar-refractivity contribution < 1.29 is 0 Å². The van der Waals surface area contributed by atoms with Crippen molar-refractivity contribution in [2.45, 2.75) is 6.92 Å². The molecule has 0 atom stereocenters. The molecule has 6 nitrogen and oxygen atoms in total. The summed E-state index contributed by atoms with van der Waals surface area (Å²) in [7, 11) is 0. The van der Waals surface area contributed by atoms with E-state index in [-0.39, 0.29) is 0 Å². The molecule has 0 fully saturated rings. The van der Waals surface area contributed by atoms with Crippen LogP contribution >= 0.6 is 15.9 Å². The van der Waals surface area contributed by atoms with E-state index >= 15 is 0 Å². The van der Waals surface area contributed by atoms with E-state index in [0.717, 1.165) is 15.9 Å². The van der Waals surface area contributed by atoms with E-state index in [4.69, 9.17) is 0 Å². The van der Waals surface area contributed by atoms with Gasteiger partial charge >= 0.3 is 0 Å². The summed E-state index contributed by atoms with van der Waals surface area (Å²) < 4.78 is 2.70. The molecule has 7 heteroatoms. The van der Waals surface area contributed by atoms with Crippen molar-refractivity contribution in [2.24, 2.45) is 5.10 Å². The Morgan fingerprint density at radius 2 is 1.95 bits per heavy atom. The average molecular weight is 331 g/mol. The summed E-state index contributed by atoms with van der Waals surface area (Å²) >= 11 is 3.39. The van der Waals surface area contributed by atoms with E-state index in [2.05, 4.69) is 41.8 Å². The van der Waals surface area contributed by atoms with Crippen molar-refractivity contribution >= 4 is 33.6 Å². The minimum Gasteiger partial charge on any atom is -0.260 e. The lowest BCUT2D eigenvalue weighted by molar-refractivity contribution is 0.875. The molecular weight excluding hydrogens is 320 g/mol. The molecule has 20 heavy (non-hydrogen) atoms. The molecule has 0 bridgehead atoms. The number of fused-ring (bicyclic) bond motifs is 1. The predicted molar refractivity (Wildman–Crippen MR) is 80.9 cm³/mol. The Bertz CT molecular complexity index is 762. The highest BCUT2D eigenvalue weighted by molar-refractivity contribution is 9.10. The van der Waals surface area contributed by atoms with Crippen molar-refractivity contribution in [3.63, 3.8) is 0 Å². The molecule has 0 spiro atoms. The van der Waals surface area contributed by atoms with E-state index in [0.29, 0.717) is 11.5 Å². The Labute approximate surface area is 123 Å². The summed E-state index contributed by atoms with van der Waals surface area (Å²) in [5.74, 6) is 1.37. The summed E-state index contributed by atoms with van der Waals surface area (Å²) in [6.07, 6.45) is 1.73. The lowest BCUT2D eigenvalue weighted by Gasteiger charge is -2.00. The molecule has 1 aromatic carbocycles. The molecule has 2 aromatic heterocycles. The van der Waals surface area contributed by atoms with Crippen LogP contribution in [0.3, 0.4) is 0 Å². The lowest BCUT2D eigenvalue weighted by atomic mass is 10.2. The Morgan fingerprint density at radius 3 is 2.75 bits per heavy atom. The number of halogens is 1. The molecule has 0 radical (unpaired) electrons. The molecule has 0 amide bonds. The zero-order valence-corrected chi connectivity index (χ0v) is 12.2. The fourth-order valence-electron chi connectivity index (χ4n) is 1.68. The van der Waals surface area contributed by atoms with Crippen molar-refractivity contribution in [3.8, 4) is 0 Å². The quantitative estimate of drug-likeness (QED) is 0.592. The highest BCUT2D eigenvalue weighted by Gasteiger charge is 2.02. The third-order valence-electron chi connectivity index (χ3n) is 2.68. The van der Waals surface area contributed by atoms with Crippen LogP contribution in [0, 0.1) is 6.92 Å². The van der Waals surface area contributed by atoms with Crippen LogP contribution in [0.25, 0.3) is 5.65 Å². The number of rotatable bonds is 3. The monoisotopic (exact) mass is 330 g/mol. The fourth-order valence-corrected chi connectivity index (χ4v) is 1.94. The second-order valence-corrected chi connectivity index (χ2v) is 5.07. The maximum atomic E-state index is 4.34. The largest absolute Gasteiger partial charge is 0.260 e. The van der Waals surface area contributed by atoms with Crippen molar-refractivity contribution in [1.29, 1.82) is 0 Å². The molecule has 0 saturated carbocycles. The summed E-state index contributed by atoms with van der Waals surface area (Å²) in [6, 6.07) is 11.5. The van der Waals surface area contributed by atoms with Gasteiger partial charge in [0.25, 0.3) is 0 Å². The maximum Gasteiger partial charge on any atom is 0.178 e. The maximum absolute atomic E-state index is 4.34. The van der Waals surface area contributed by atoms with Gasteiger partial charge in [-0.25, -0.2) is 0 Å². The number of benzene rings is 1. The zero-order chi connectivity index (χ0) is 13.9. The summed E-state index contributed by atoms with van der Waals surface area (Å²) in [5.41, 5.74) is 4.60. The van der Waals surface area contributed by atoms with Crippen LogP contribution in [0.1, 0.15) is 11.4 Å². The van der Waals surface area contributed by atoms with Crippen LogP contribution in [-0.4, -0.2) is 26.0 Å². The first-order valence-corrected chi connectivity index (χ1v) is 6.75. The molecule has 2 heterocycles. The molecular formula is C13H11BrN6. The van der Waals surface area contributed by atoms with Gasteiger partial charge in [0.2, 0.25) is 0 Å². The molecule has 0 aliphatic heterocycles. The number of anilines is 1. The highest BCUT2D eigenvalue weighted by atomic mass is 79.9. The smallest absolute Gasteiger partial charge is 0.178 e. The Balaban J connectivity index is 1.76. The second-order valence-electron chi connectivity index (χ2n) is 4.16. The van der Waals surface area contributed by atoms with Crippen molar-refractivity contribution in [3.05, 3.63) is 52.3 Å². The van der Waals surface area contributed by atoms with E-state index in [1.807, 2.05) is 43.3 Å². The first-order valence-electron chi connectivity index (χ1n) is 5.96. The van der Waals surface area contributed by atoms with E-state index in [1.54, 1.807) is 10.7 Å². The molecule has 0 aliphatic carbocycles. The molecule has 3 rings (SSSR count). The predicted octanol–water partition coefficient (Wildman–Crippen LogP) is 2.64. The van der Waals surface area contributed by atoms with E-state index in [9.17, 15) is 0 Å². The molecule has 1 N–H and O–H groups in total. The molecule has 3 aromatic rings. The number of hydrazone groups is 1. The molecule has 100 valence electrons. The summed E-state index contributed by atoms with van der Waals surface area (Å²) in [5, 5.41) is 16.4. The van der Waals surface area contributed by atoms with Gasteiger partial charge in [0.15, 0.2) is 17.3 Å². The van der Waals surface area contributed by atoms with Gasteiger partial charge < -0.3 is 0 Å². The normalized spacial score (nSPS) is 11.3. The number of aromatic nitrogens is 4. The number of hydrogen-bond donors (Lipinski definition) is 1. The average Bonchev–Trinajstić information content (AvgIpc) is 2.83. The van der Waals surface area contributed by atoms with Gasteiger partial charge in [0.05, 0.1) is 6.21 Å². The van der Waals surface area contributed by atoms with Gasteiger partial charge in [-0.15, -0.1) is 15.3 Å². The van der Waals surface area contributed by atoms with E-state index < -0.39 is 0 Å². The highest BCUT2D eigenvalue weighted by Crippen LogP contribution is 2.09. The van der Waals surface area contributed by atoms with Gasteiger partial charge in [0.1, 0.15) is 0 Å². The number of nitrogens with zero attached hydrogens (tertiary/aromatic N) is 5. The van der Waals surface area contributed by atoms with Gasteiger partial charge in [-0.1, -0.05) is 28.1 Å². The van der Waals surface area contributed by atoms with Crippen molar-refractivity contribution in [1.82, 2.24) is 19.8 Å². The molecule has 0 saturated heterocycles. The lowest BCUT2D eigenvalue weighted by Crippen LogP contribution is -2.00. The summed E-state index contributed by atoms with van der Waals surface area (Å²) in [4.78, 5) is 0. The minimum atomic E-state index is 0.633. The number of aryl methyl sites for hydroxylation is 1. The molecule has 0 aliphatic rings. The third kappa shape index (κ3) is 2.67. The Kier molecular flexibility index (Phi) is 3.42. The van der Waals surface area contributed by atoms with Crippen LogP contribution in [0.2, 0.25) is 0 Å². The standard InChI is InChI=1S/C13H11BrN6/c1-9-16-18-13-7-6-12(19-20(9)13)17-15-8-10-2-4-11(14)5-3-10/h2-8H,1H3,(H,17,19)/b15-8+. The number of nitrogens with one attached hydrogen (secondary N) is 1. The van der Waals surface area contributed by atoms with Crippen LogP contribution in [0.5, 0.6) is 0 Å². The van der Waals surface area contributed by atoms with Gasteiger partial charge in [-0.2, -0.15) is 9.62 Å².